The molecule has 1 aliphatic carbocycles. The van der Waals surface area contributed by atoms with Gasteiger partial charge in [-0.2, -0.15) is 0 Å². The molecule has 0 spiro atoms. The van der Waals surface area contributed by atoms with Gasteiger partial charge in [-0.05, 0) is 84.9 Å². The number of ketones is 1. The van der Waals surface area contributed by atoms with Crippen LogP contribution in [0.4, 0.5) is 11.4 Å². The summed E-state index contributed by atoms with van der Waals surface area (Å²) in [6.07, 6.45) is 6.62. The number of rotatable bonds is 8. The third-order valence-electron chi connectivity index (χ3n) is 6.90. The fraction of sp³-hybridized carbons (Fsp3) is 0.167. The van der Waals surface area contributed by atoms with Crippen molar-refractivity contribution in [2.45, 2.75) is 11.7 Å². The Hall–Kier alpha value is -4.53. The summed E-state index contributed by atoms with van der Waals surface area (Å²) in [6, 6.07) is 22.4. The standard InChI is InChI=1S/C30H30N4O4/c1-36-27-18-20(29(35)25-6-4-16-33(25)23-12-8-21(31)9-13-23)19-28(37-2)30(27,38-3)26-7-5-17-34(26)24-14-10-22(32)11-15-24/h4-19,27H,31-32H2,1-3H3. The Morgan fingerprint density at radius 2 is 1.39 bits per heavy atom. The van der Waals surface area contributed by atoms with Gasteiger partial charge in [-0.3, -0.25) is 4.79 Å². The number of nitrogens with zero attached hydrogens (tertiary/aromatic N) is 2. The molecule has 38 heavy (non-hydrogen) atoms. The summed E-state index contributed by atoms with van der Waals surface area (Å²) >= 11 is 0. The van der Waals surface area contributed by atoms with Gasteiger partial charge in [0.15, 0.2) is 5.60 Å². The molecule has 0 saturated heterocycles. The van der Waals surface area contributed by atoms with E-state index >= 15 is 0 Å². The highest BCUT2D eigenvalue weighted by atomic mass is 16.6. The van der Waals surface area contributed by atoms with Crippen molar-refractivity contribution >= 4 is 17.2 Å². The van der Waals surface area contributed by atoms with Crippen LogP contribution in [0.25, 0.3) is 11.4 Å². The number of ether oxygens (including phenoxy) is 3. The van der Waals surface area contributed by atoms with Crippen molar-refractivity contribution in [3.63, 3.8) is 0 Å². The van der Waals surface area contributed by atoms with E-state index in [1.54, 1.807) is 51.7 Å². The fourth-order valence-electron chi connectivity index (χ4n) is 5.01. The van der Waals surface area contributed by atoms with Crippen LogP contribution < -0.4 is 11.5 Å². The van der Waals surface area contributed by atoms with Crippen molar-refractivity contribution in [3.05, 3.63) is 120 Å². The maximum absolute atomic E-state index is 13.8. The number of nitrogen functional groups attached to an aromatic ring is 2. The zero-order chi connectivity index (χ0) is 26.9. The number of methoxy groups -OCH3 is 3. The van der Waals surface area contributed by atoms with Gasteiger partial charge in [0.05, 0.1) is 18.5 Å². The molecule has 4 N–H and O–H groups in total. The molecule has 2 aromatic carbocycles. The summed E-state index contributed by atoms with van der Waals surface area (Å²) in [5, 5.41) is 0. The molecule has 194 valence electrons. The van der Waals surface area contributed by atoms with Gasteiger partial charge in [-0.15, -0.1) is 0 Å². The van der Waals surface area contributed by atoms with Crippen LogP contribution in [-0.4, -0.2) is 42.4 Å². The molecule has 0 bridgehead atoms. The first-order valence-corrected chi connectivity index (χ1v) is 12.1. The normalized spacial score (nSPS) is 19.1. The number of anilines is 2. The lowest BCUT2D eigenvalue weighted by atomic mass is 9.82. The molecule has 2 atom stereocenters. The second kappa shape index (κ2) is 10.1. The highest BCUT2D eigenvalue weighted by Crippen LogP contribution is 2.44. The molecule has 1 aliphatic rings. The average Bonchev–Trinajstić information content (AvgIpc) is 3.63. The first-order valence-electron chi connectivity index (χ1n) is 12.1. The maximum Gasteiger partial charge on any atom is 0.209 e. The maximum atomic E-state index is 13.8. The minimum atomic E-state index is -1.16. The van der Waals surface area contributed by atoms with E-state index in [1.165, 1.54) is 0 Å². The summed E-state index contributed by atoms with van der Waals surface area (Å²) in [5.41, 5.74) is 15.4. The van der Waals surface area contributed by atoms with E-state index in [9.17, 15) is 4.79 Å². The monoisotopic (exact) mass is 510 g/mol. The molecule has 5 rings (SSSR count). The number of allylic oxidation sites excluding steroid dienone is 2. The Morgan fingerprint density at radius 1 is 0.816 bits per heavy atom. The zero-order valence-corrected chi connectivity index (χ0v) is 21.5. The van der Waals surface area contributed by atoms with Crippen LogP contribution in [0.5, 0.6) is 0 Å². The lowest BCUT2D eigenvalue weighted by Crippen LogP contribution is -2.47. The first-order chi connectivity index (χ1) is 18.4. The molecule has 0 saturated carbocycles. The van der Waals surface area contributed by atoms with Gasteiger partial charge >= 0.3 is 0 Å². The fourth-order valence-corrected chi connectivity index (χ4v) is 5.01. The molecule has 8 heteroatoms. The molecule has 0 radical (unpaired) electrons. The van der Waals surface area contributed by atoms with Gasteiger partial charge in [0.25, 0.3) is 0 Å². The number of Topliss-reactive ketones (excluding diaryl/α,β-unsaturated/α-hetero) is 1. The molecule has 2 unspecified atom stereocenters. The van der Waals surface area contributed by atoms with Crippen LogP contribution in [0.1, 0.15) is 16.2 Å². The molecule has 0 fully saturated rings. The highest BCUT2D eigenvalue weighted by Gasteiger charge is 2.50. The third-order valence-corrected chi connectivity index (χ3v) is 6.90. The van der Waals surface area contributed by atoms with Crippen molar-refractivity contribution in [1.82, 2.24) is 9.13 Å². The molecular weight excluding hydrogens is 480 g/mol. The van der Waals surface area contributed by atoms with E-state index in [1.807, 2.05) is 76.1 Å². The predicted molar refractivity (Wildman–Crippen MR) is 147 cm³/mol. The van der Waals surface area contributed by atoms with E-state index in [0.29, 0.717) is 28.4 Å². The van der Waals surface area contributed by atoms with Crippen molar-refractivity contribution in [3.8, 4) is 11.4 Å². The van der Waals surface area contributed by atoms with E-state index in [-0.39, 0.29) is 5.78 Å². The van der Waals surface area contributed by atoms with Crippen molar-refractivity contribution < 1.29 is 19.0 Å². The molecule has 4 aromatic rings. The number of hydrogen-bond acceptors (Lipinski definition) is 6. The van der Waals surface area contributed by atoms with Crippen LogP contribution in [0.3, 0.4) is 0 Å². The first kappa shape index (κ1) is 25.1. The summed E-state index contributed by atoms with van der Waals surface area (Å²) < 4.78 is 21.9. The molecule has 2 heterocycles. The van der Waals surface area contributed by atoms with E-state index in [0.717, 1.165) is 17.1 Å². The summed E-state index contributed by atoms with van der Waals surface area (Å²) in [7, 11) is 4.75. The van der Waals surface area contributed by atoms with Gasteiger partial charge in [-0.1, -0.05) is 0 Å². The average molecular weight is 511 g/mol. The Balaban J connectivity index is 1.58. The third kappa shape index (κ3) is 4.09. The Kier molecular flexibility index (Phi) is 6.67. The topological polar surface area (TPSA) is 107 Å². The van der Waals surface area contributed by atoms with E-state index in [2.05, 4.69) is 0 Å². The Bertz CT molecular complexity index is 1510. The molecular formula is C30H30N4O4. The number of nitrogens with two attached hydrogens (primary N) is 2. The van der Waals surface area contributed by atoms with Crippen LogP contribution in [0.2, 0.25) is 0 Å². The van der Waals surface area contributed by atoms with Crippen LogP contribution >= 0.6 is 0 Å². The van der Waals surface area contributed by atoms with Gasteiger partial charge in [-0.25, -0.2) is 0 Å². The summed E-state index contributed by atoms with van der Waals surface area (Å²) in [4.78, 5) is 13.8. The van der Waals surface area contributed by atoms with Crippen molar-refractivity contribution in [1.29, 1.82) is 0 Å². The van der Waals surface area contributed by atoms with Gasteiger partial charge in [0.2, 0.25) is 5.78 Å². The minimum Gasteiger partial charge on any atom is -0.497 e. The van der Waals surface area contributed by atoms with Crippen LogP contribution in [0, 0.1) is 0 Å². The van der Waals surface area contributed by atoms with Crippen LogP contribution in [0.15, 0.2) is 109 Å². The number of benzene rings is 2. The zero-order valence-electron chi connectivity index (χ0n) is 21.5. The number of aromatic nitrogens is 2. The van der Waals surface area contributed by atoms with E-state index < -0.39 is 11.7 Å². The SMILES string of the molecule is COC1=CC(C(=O)c2cccn2-c2ccc(N)cc2)=CC(OC)C1(OC)c1cccn1-c1ccc(N)cc1. The number of carbonyl (C=O) groups is 1. The number of carbonyl (C=O) groups excluding carboxylic acids is 1. The van der Waals surface area contributed by atoms with Gasteiger partial charge < -0.3 is 34.8 Å². The second-order valence-electron chi connectivity index (χ2n) is 8.97. The molecule has 2 aromatic heterocycles. The second-order valence-corrected chi connectivity index (χ2v) is 8.97. The highest BCUT2D eigenvalue weighted by molar-refractivity contribution is 6.10. The minimum absolute atomic E-state index is 0.179. The van der Waals surface area contributed by atoms with Crippen molar-refractivity contribution in [2.75, 3.05) is 32.8 Å². The predicted octanol–water partition coefficient (Wildman–Crippen LogP) is 4.64. The Morgan fingerprint density at radius 3 is 1.97 bits per heavy atom. The summed E-state index contributed by atoms with van der Waals surface area (Å²) in [5.74, 6) is 0.265. The Labute approximate surface area is 221 Å². The lowest BCUT2D eigenvalue weighted by molar-refractivity contribution is -0.109. The smallest absolute Gasteiger partial charge is 0.209 e. The summed E-state index contributed by atoms with van der Waals surface area (Å²) in [6.45, 7) is 0. The largest absolute Gasteiger partial charge is 0.497 e. The van der Waals surface area contributed by atoms with Crippen molar-refractivity contribution in [2.24, 2.45) is 0 Å². The quantitative estimate of drug-likeness (QED) is 0.264. The lowest BCUT2D eigenvalue weighted by Gasteiger charge is -2.41. The molecule has 0 aliphatic heterocycles. The van der Waals surface area contributed by atoms with E-state index in [4.69, 9.17) is 25.7 Å². The number of hydrogen-bond donors (Lipinski definition) is 2. The molecule has 0 amide bonds. The van der Waals surface area contributed by atoms with Crippen LogP contribution in [-0.2, 0) is 19.8 Å². The van der Waals surface area contributed by atoms with Gasteiger partial charge in [0.1, 0.15) is 11.9 Å². The molecule has 8 nitrogen and oxygen atoms in total. The van der Waals surface area contributed by atoms with Gasteiger partial charge in [0, 0.05) is 54.9 Å².